The second-order valence-corrected chi connectivity index (χ2v) is 6.86. The molecule has 0 bridgehead atoms. The molecule has 0 N–H and O–H groups in total. The van der Waals surface area contributed by atoms with Crippen molar-refractivity contribution in [1.29, 1.82) is 0 Å². The Kier molecular flexibility index (Phi) is 4.17. The number of aromatic nitrogens is 5. The number of methoxy groups -OCH3 is 1. The second kappa shape index (κ2) is 6.85. The summed E-state index contributed by atoms with van der Waals surface area (Å²) in [5, 5.41) is 4.93. The maximum atomic E-state index is 13.2. The van der Waals surface area contributed by atoms with E-state index in [9.17, 15) is 4.79 Å². The molecule has 0 aliphatic carbocycles. The number of nitrogens with zero attached hydrogens (tertiary/aromatic N) is 5. The van der Waals surface area contributed by atoms with E-state index < -0.39 is 0 Å². The molecule has 0 spiro atoms. The molecule has 1 aromatic carbocycles. The van der Waals surface area contributed by atoms with Crippen molar-refractivity contribution in [2.24, 2.45) is 0 Å². The van der Waals surface area contributed by atoms with Gasteiger partial charge in [-0.05, 0) is 30.7 Å². The lowest BCUT2D eigenvalue weighted by Crippen LogP contribution is -2.22. The van der Waals surface area contributed by atoms with Crippen LogP contribution >= 0.6 is 0 Å². The summed E-state index contributed by atoms with van der Waals surface area (Å²) in [5.74, 6) is 2.40. The Hall–Kier alpha value is -3.46. The van der Waals surface area contributed by atoms with Gasteiger partial charge < -0.3 is 18.8 Å². The quantitative estimate of drug-likeness (QED) is 0.521. The summed E-state index contributed by atoms with van der Waals surface area (Å²) in [7, 11) is 1.58. The van der Waals surface area contributed by atoms with Gasteiger partial charge in [0.1, 0.15) is 19.8 Å². The zero-order chi connectivity index (χ0) is 20.0. The molecule has 1 aliphatic rings. The Balaban J connectivity index is 1.59. The maximum absolute atomic E-state index is 13.2. The van der Waals surface area contributed by atoms with E-state index in [4.69, 9.17) is 14.2 Å². The van der Waals surface area contributed by atoms with Gasteiger partial charge in [0.15, 0.2) is 17.3 Å². The molecule has 0 fully saturated rings. The van der Waals surface area contributed by atoms with E-state index in [0.717, 1.165) is 11.3 Å². The van der Waals surface area contributed by atoms with Crippen molar-refractivity contribution in [3.63, 3.8) is 0 Å². The van der Waals surface area contributed by atoms with Gasteiger partial charge in [0.25, 0.3) is 11.3 Å². The third-order valence-electron chi connectivity index (χ3n) is 4.87. The lowest BCUT2D eigenvalue weighted by atomic mass is 10.1. The Labute approximate surface area is 165 Å². The van der Waals surface area contributed by atoms with E-state index in [1.165, 1.54) is 0 Å². The van der Waals surface area contributed by atoms with Gasteiger partial charge in [-0.2, -0.15) is 9.50 Å². The molecule has 0 unspecified atom stereocenters. The fourth-order valence-electron chi connectivity index (χ4n) is 3.56. The second-order valence-electron chi connectivity index (χ2n) is 6.86. The van der Waals surface area contributed by atoms with Gasteiger partial charge in [0.05, 0.1) is 23.1 Å². The van der Waals surface area contributed by atoms with Gasteiger partial charge in [0.2, 0.25) is 0 Å². The molecule has 9 nitrogen and oxygen atoms in total. The highest BCUT2D eigenvalue weighted by molar-refractivity contribution is 5.81. The molecule has 1 aliphatic heterocycles. The number of pyridine rings is 1. The molecule has 148 valence electrons. The van der Waals surface area contributed by atoms with Crippen molar-refractivity contribution >= 4 is 16.7 Å². The standard InChI is InChI=1S/C20H19N5O4/c1-12-18-14(25-20(21-12)22-17(23-25)11-27-2)5-6-24(19(18)26)10-13-3-4-15-16(9-13)29-8-7-28-15/h3-6,9H,7-8,10-11H2,1-2H3. The van der Waals surface area contributed by atoms with Crippen LogP contribution in [0.15, 0.2) is 35.3 Å². The minimum atomic E-state index is -0.131. The zero-order valence-corrected chi connectivity index (χ0v) is 16.1. The van der Waals surface area contributed by atoms with Crippen LogP contribution in [0.3, 0.4) is 0 Å². The van der Waals surface area contributed by atoms with Gasteiger partial charge in [-0.3, -0.25) is 4.79 Å². The molecule has 9 heteroatoms. The van der Waals surface area contributed by atoms with E-state index in [1.807, 2.05) is 31.2 Å². The van der Waals surface area contributed by atoms with E-state index >= 15 is 0 Å². The minimum absolute atomic E-state index is 0.131. The minimum Gasteiger partial charge on any atom is -0.486 e. The summed E-state index contributed by atoms with van der Waals surface area (Å²) in [6, 6.07) is 7.58. The summed E-state index contributed by atoms with van der Waals surface area (Å²) in [5.41, 5.74) is 2.11. The first-order chi connectivity index (χ1) is 14.1. The fraction of sp³-hybridized carbons (Fsp3) is 0.300. The molecule has 4 heterocycles. The highest BCUT2D eigenvalue weighted by atomic mass is 16.6. The number of rotatable bonds is 4. The number of fused-ring (bicyclic) bond motifs is 4. The normalized spacial score (nSPS) is 13.3. The van der Waals surface area contributed by atoms with Crippen LogP contribution in [0.2, 0.25) is 0 Å². The first kappa shape index (κ1) is 17.6. The van der Waals surface area contributed by atoms with Crippen LogP contribution in [0.5, 0.6) is 11.5 Å². The van der Waals surface area contributed by atoms with Gasteiger partial charge in [-0.15, -0.1) is 5.10 Å². The first-order valence-corrected chi connectivity index (χ1v) is 9.27. The first-order valence-electron chi connectivity index (χ1n) is 9.27. The van der Waals surface area contributed by atoms with Crippen LogP contribution in [0.25, 0.3) is 16.7 Å². The number of aryl methyl sites for hydroxylation is 1. The van der Waals surface area contributed by atoms with E-state index in [2.05, 4.69) is 15.1 Å². The lowest BCUT2D eigenvalue weighted by molar-refractivity contribution is 0.171. The van der Waals surface area contributed by atoms with Crippen LogP contribution in [-0.2, 0) is 17.9 Å². The molecule has 29 heavy (non-hydrogen) atoms. The third kappa shape index (κ3) is 2.99. The van der Waals surface area contributed by atoms with Crippen LogP contribution in [-0.4, -0.2) is 44.5 Å². The molecule has 0 amide bonds. The number of benzene rings is 1. The largest absolute Gasteiger partial charge is 0.486 e. The van der Waals surface area contributed by atoms with E-state index in [0.29, 0.717) is 53.7 Å². The molecule has 0 saturated carbocycles. The van der Waals surface area contributed by atoms with Gasteiger partial charge in [-0.25, -0.2) is 4.98 Å². The molecule has 4 aromatic rings. The van der Waals surface area contributed by atoms with Gasteiger partial charge in [0, 0.05) is 13.3 Å². The topological polar surface area (TPSA) is 92.8 Å². The average Bonchev–Trinajstić information content (AvgIpc) is 3.12. The molecule has 3 aromatic heterocycles. The van der Waals surface area contributed by atoms with Crippen LogP contribution in [0.1, 0.15) is 17.1 Å². The van der Waals surface area contributed by atoms with E-state index in [1.54, 1.807) is 22.4 Å². The number of hydrogen-bond donors (Lipinski definition) is 0. The average molecular weight is 393 g/mol. The smallest absolute Gasteiger partial charge is 0.262 e. The highest BCUT2D eigenvalue weighted by Gasteiger charge is 2.16. The Morgan fingerprint density at radius 3 is 2.79 bits per heavy atom. The van der Waals surface area contributed by atoms with Crippen LogP contribution in [0.4, 0.5) is 0 Å². The number of ether oxygens (including phenoxy) is 3. The highest BCUT2D eigenvalue weighted by Crippen LogP contribution is 2.31. The predicted molar refractivity (Wildman–Crippen MR) is 105 cm³/mol. The van der Waals surface area contributed by atoms with Crippen molar-refractivity contribution in [2.45, 2.75) is 20.1 Å². The van der Waals surface area contributed by atoms with Crippen LogP contribution in [0, 0.1) is 6.92 Å². The SMILES string of the molecule is COCc1nc2nc(C)c3c(=O)n(Cc4ccc5c(c4)OCCO5)ccc3n2n1. The molecule has 0 saturated heterocycles. The summed E-state index contributed by atoms with van der Waals surface area (Å²) in [6.45, 7) is 3.57. The Morgan fingerprint density at radius 1 is 1.14 bits per heavy atom. The van der Waals surface area contributed by atoms with Crippen LogP contribution < -0.4 is 15.0 Å². The fourth-order valence-corrected chi connectivity index (χ4v) is 3.56. The molecule has 0 radical (unpaired) electrons. The Morgan fingerprint density at radius 2 is 1.97 bits per heavy atom. The van der Waals surface area contributed by atoms with Crippen molar-refractivity contribution in [1.82, 2.24) is 24.1 Å². The monoisotopic (exact) mass is 393 g/mol. The van der Waals surface area contributed by atoms with Gasteiger partial charge >= 0.3 is 0 Å². The predicted octanol–water partition coefficient (Wildman–Crippen LogP) is 1.71. The summed E-state index contributed by atoms with van der Waals surface area (Å²) in [6.07, 6.45) is 1.76. The summed E-state index contributed by atoms with van der Waals surface area (Å²) < 4.78 is 19.5. The van der Waals surface area contributed by atoms with E-state index in [-0.39, 0.29) is 12.2 Å². The molecular weight excluding hydrogens is 374 g/mol. The summed E-state index contributed by atoms with van der Waals surface area (Å²) in [4.78, 5) is 22.0. The number of hydrogen-bond acceptors (Lipinski definition) is 7. The third-order valence-corrected chi connectivity index (χ3v) is 4.87. The molecule has 0 atom stereocenters. The van der Waals surface area contributed by atoms with Crippen molar-refractivity contribution < 1.29 is 14.2 Å². The zero-order valence-electron chi connectivity index (χ0n) is 16.1. The molecular formula is C20H19N5O4. The Bertz CT molecular complexity index is 1290. The van der Waals surface area contributed by atoms with Crippen molar-refractivity contribution in [3.05, 3.63) is 57.9 Å². The maximum Gasteiger partial charge on any atom is 0.262 e. The van der Waals surface area contributed by atoms with Gasteiger partial charge in [-0.1, -0.05) is 6.07 Å². The molecule has 5 rings (SSSR count). The van der Waals surface area contributed by atoms with Crippen molar-refractivity contribution in [3.8, 4) is 11.5 Å². The lowest BCUT2D eigenvalue weighted by Gasteiger charge is -2.19. The van der Waals surface area contributed by atoms with Crippen molar-refractivity contribution in [2.75, 3.05) is 20.3 Å². The summed E-state index contributed by atoms with van der Waals surface area (Å²) >= 11 is 0.